The summed E-state index contributed by atoms with van der Waals surface area (Å²) in [7, 11) is 1.62. The van der Waals surface area contributed by atoms with Crippen LogP contribution in [0.1, 0.15) is 23.5 Å². The normalized spacial score (nSPS) is 11.4. The SMILES string of the molecule is CCN(CC)CCN(C(=O)c1cc2cc([N+](=O)[O-])ccc2s1)c1nc2ccc(OC)cc2s1. The lowest BCUT2D eigenvalue weighted by Crippen LogP contribution is -2.38. The van der Waals surface area contributed by atoms with Crippen molar-refractivity contribution in [1.82, 2.24) is 9.88 Å². The second kappa shape index (κ2) is 9.82. The van der Waals surface area contributed by atoms with Crippen LogP contribution in [0.4, 0.5) is 10.8 Å². The number of likely N-dealkylation sites (N-methyl/N-ethyl adjacent to an activating group) is 1. The summed E-state index contributed by atoms with van der Waals surface area (Å²) in [6, 6.07) is 12.1. The third kappa shape index (κ3) is 4.82. The molecule has 2 aromatic heterocycles. The van der Waals surface area contributed by atoms with E-state index in [1.807, 2.05) is 18.2 Å². The van der Waals surface area contributed by atoms with Gasteiger partial charge in [-0.15, -0.1) is 11.3 Å². The van der Waals surface area contributed by atoms with E-state index in [9.17, 15) is 14.9 Å². The highest BCUT2D eigenvalue weighted by Gasteiger charge is 2.24. The molecule has 172 valence electrons. The highest BCUT2D eigenvalue weighted by molar-refractivity contribution is 7.23. The summed E-state index contributed by atoms with van der Waals surface area (Å²) in [5, 5.41) is 12.4. The van der Waals surface area contributed by atoms with Crippen molar-refractivity contribution in [2.75, 3.05) is 38.2 Å². The molecular formula is C23H24N4O4S2. The van der Waals surface area contributed by atoms with Crippen molar-refractivity contribution in [1.29, 1.82) is 0 Å². The summed E-state index contributed by atoms with van der Waals surface area (Å²) in [6.07, 6.45) is 0. The van der Waals surface area contributed by atoms with E-state index in [-0.39, 0.29) is 11.6 Å². The summed E-state index contributed by atoms with van der Waals surface area (Å²) in [4.78, 5) is 33.6. The molecule has 0 aliphatic carbocycles. The number of aromatic nitrogens is 1. The lowest BCUT2D eigenvalue weighted by molar-refractivity contribution is -0.384. The van der Waals surface area contributed by atoms with Crippen LogP contribution in [0.2, 0.25) is 0 Å². The number of ether oxygens (including phenoxy) is 1. The third-order valence-electron chi connectivity index (χ3n) is 5.52. The number of thiazole rings is 1. The van der Waals surface area contributed by atoms with Crippen LogP contribution in [0.3, 0.4) is 0 Å². The van der Waals surface area contributed by atoms with E-state index in [1.165, 1.54) is 34.8 Å². The number of anilines is 1. The molecule has 0 saturated carbocycles. The van der Waals surface area contributed by atoms with E-state index < -0.39 is 4.92 Å². The van der Waals surface area contributed by atoms with E-state index in [2.05, 4.69) is 18.7 Å². The number of hydrogen-bond donors (Lipinski definition) is 0. The Kier molecular flexibility index (Phi) is 6.87. The van der Waals surface area contributed by atoms with Crippen molar-refractivity contribution < 1.29 is 14.5 Å². The maximum absolute atomic E-state index is 13.6. The zero-order valence-electron chi connectivity index (χ0n) is 18.6. The lowest BCUT2D eigenvalue weighted by Gasteiger charge is -2.24. The number of non-ortho nitro benzene ring substituents is 1. The van der Waals surface area contributed by atoms with E-state index in [4.69, 9.17) is 9.72 Å². The third-order valence-corrected chi connectivity index (χ3v) is 7.66. The fourth-order valence-corrected chi connectivity index (χ4v) is 5.59. The van der Waals surface area contributed by atoms with Gasteiger partial charge < -0.3 is 9.64 Å². The number of amides is 1. The number of fused-ring (bicyclic) bond motifs is 2. The molecule has 0 spiro atoms. The highest BCUT2D eigenvalue weighted by atomic mass is 32.1. The van der Waals surface area contributed by atoms with Gasteiger partial charge in [0.05, 0.1) is 27.1 Å². The first-order valence-corrected chi connectivity index (χ1v) is 12.2. The van der Waals surface area contributed by atoms with E-state index in [0.29, 0.717) is 28.5 Å². The standard InChI is InChI=1S/C23H24N4O4S2/c1-4-25(5-2)10-11-26(23-24-18-8-7-17(31-3)14-20(18)33-23)22(28)21-13-15-12-16(27(29)30)6-9-19(15)32-21/h6-9,12-14H,4-5,10-11H2,1-3H3. The molecule has 0 radical (unpaired) electrons. The molecule has 0 fully saturated rings. The van der Waals surface area contributed by atoms with Crippen LogP contribution in [-0.2, 0) is 0 Å². The fraction of sp³-hybridized carbons (Fsp3) is 0.304. The minimum Gasteiger partial charge on any atom is -0.497 e. The molecule has 4 aromatic rings. The smallest absolute Gasteiger partial charge is 0.270 e. The molecular weight excluding hydrogens is 460 g/mol. The predicted octanol–water partition coefficient (Wildman–Crippen LogP) is 5.42. The van der Waals surface area contributed by atoms with Gasteiger partial charge >= 0.3 is 0 Å². The van der Waals surface area contributed by atoms with Gasteiger partial charge in [0, 0.05) is 35.3 Å². The molecule has 0 saturated heterocycles. The number of nitrogens with zero attached hydrogens (tertiary/aromatic N) is 4. The number of rotatable bonds is 9. The van der Waals surface area contributed by atoms with Gasteiger partial charge in [-0.05, 0) is 43.4 Å². The average molecular weight is 485 g/mol. The fourth-order valence-electron chi connectivity index (χ4n) is 3.58. The molecule has 8 nitrogen and oxygen atoms in total. The van der Waals surface area contributed by atoms with E-state index >= 15 is 0 Å². The number of carbonyl (C=O) groups is 1. The minimum atomic E-state index is -0.426. The Balaban J connectivity index is 1.71. The largest absolute Gasteiger partial charge is 0.497 e. The monoisotopic (exact) mass is 484 g/mol. The van der Waals surface area contributed by atoms with Gasteiger partial charge in [0.25, 0.3) is 11.6 Å². The molecule has 0 aliphatic heterocycles. The molecule has 0 unspecified atom stereocenters. The zero-order chi connectivity index (χ0) is 23.5. The number of methoxy groups -OCH3 is 1. The first kappa shape index (κ1) is 23.1. The van der Waals surface area contributed by atoms with Crippen LogP contribution in [0.25, 0.3) is 20.3 Å². The molecule has 2 aromatic carbocycles. The number of benzene rings is 2. The molecule has 10 heteroatoms. The Labute approximate surface area is 199 Å². The van der Waals surface area contributed by atoms with Crippen LogP contribution in [0.15, 0.2) is 42.5 Å². The zero-order valence-corrected chi connectivity index (χ0v) is 20.2. The molecule has 0 bridgehead atoms. The maximum atomic E-state index is 13.6. The molecule has 1 amide bonds. The Morgan fingerprint density at radius 1 is 1.06 bits per heavy atom. The van der Waals surface area contributed by atoms with Crippen LogP contribution >= 0.6 is 22.7 Å². The first-order chi connectivity index (χ1) is 15.9. The Morgan fingerprint density at radius 3 is 2.55 bits per heavy atom. The Hall–Kier alpha value is -3.08. The van der Waals surface area contributed by atoms with E-state index in [1.54, 1.807) is 24.1 Å². The van der Waals surface area contributed by atoms with Crippen LogP contribution in [-0.4, -0.2) is 54.0 Å². The van der Waals surface area contributed by atoms with Crippen molar-refractivity contribution in [2.24, 2.45) is 0 Å². The topological polar surface area (TPSA) is 88.8 Å². The number of thiophene rings is 1. The molecule has 0 N–H and O–H groups in total. The Bertz CT molecular complexity index is 1310. The predicted molar refractivity (Wildman–Crippen MR) is 134 cm³/mol. The van der Waals surface area contributed by atoms with Gasteiger partial charge in [0.1, 0.15) is 5.75 Å². The maximum Gasteiger partial charge on any atom is 0.270 e. The van der Waals surface area contributed by atoms with Gasteiger partial charge in [-0.2, -0.15) is 0 Å². The van der Waals surface area contributed by atoms with Gasteiger partial charge in [-0.3, -0.25) is 19.8 Å². The minimum absolute atomic E-state index is 0.0119. The van der Waals surface area contributed by atoms with Crippen molar-refractivity contribution in [3.8, 4) is 5.75 Å². The summed E-state index contributed by atoms with van der Waals surface area (Å²) < 4.78 is 7.10. The molecule has 0 aliphatic rings. The summed E-state index contributed by atoms with van der Waals surface area (Å²) in [5.41, 5.74) is 0.821. The Morgan fingerprint density at radius 2 is 1.85 bits per heavy atom. The number of carbonyl (C=O) groups excluding carboxylic acids is 1. The summed E-state index contributed by atoms with van der Waals surface area (Å²) >= 11 is 2.79. The number of nitro groups is 1. The molecule has 2 heterocycles. The number of hydrogen-bond acceptors (Lipinski definition) is 8. The van der Waals surface area contributed by atoms with Crippen LogP contribution < -0.4 is 9.64 Å². The van der Waals surface area contributed by atoms with Gasteiger partial charge in [0.2, 0.25) is 0 Å². The molecule has 4 rings (SSSR count). The van der Waals surface area contributed by atoms with Crippen molar-refractivity contribution in [3.63, 3.8) is 0 Å². The van der Waals surface area contributed by atoms with Gasteiger partial charge in [0.15, 0.2) is 5.13 Å². The van der Waals surface area contributed by atoms with Crippen LogP contribution in [0, 0.1) is 10.1 Å². The van der Waals surface area contributed by atoms with Gasteiger partial charge in [-0.25, -0.2) is 4.98 Å². The highest BCUT2D eigenvalue weighted by Crippen LogP contribution is 2.34. The number of nitro benzene ring substituents is 1. The second-order valence-electron chi connectivity index (χ2n) is 7.40. The molecule has 0 atom stereocenters. The molecule has 33 heavy (non-hydrogen) atoms. The first-order valence-electron chi connectivity index (χ1n) is 10.6. The summed E-state index contributed by atoms with van der Waals surface area (Å²) in [6.45, 7) is 7.18. The second-order valence-corrected chi connectivity index (χ2v) is 9.50. The van der Waals surface area contributed by atoms with E-state index in [0.717, 1.165) is 33.8 Å². The van der Waals surface area contributed by atoms with Crippen molar-refractivity contribution in [3.05, 3.63) is 57.5 Å². The van der Waals surface area contributed by atoms with Crippen molar-refractivity contribution >= 4 is 59.7 Å². The summed E-state index contributed by atoms with van der Waals surface area (Å²) in [5.74, 6) is 0.585. The lowest BCUT2D eigenvalue weighted by atomic mass is 10.2. The van der Waals surface area contributed by atoms with Crippen molar-refractivity contribution in [2.45, 2.75) is 13.8 Å². The van der Waals surface area contributed by atoms with Crippen LogP contribution in [0.5, 0.6) is 5.75 Å². The average Bonchev–Trinajstić information content (AvgIpc) is 3.44. The quantitative estimate of drug-likeness (QED) is 0.233. The van der Waals surface area contributed by atoms with Gasteiger partial charge in [-0.1, -0.05) is 25.2 Å².